The lowest BCUT2D eigenvalue weighted by Gasteiger charge is -2.31. The molecular formula is C57H32O. The maximum atomic E-state index is 6.39. The fourth-order valence-electron chi connectivity index (χ4n) is 11.2. The molecule has 0 atom stereocenters. The van der Waals surface area contributed by atoms with Crippen LogP contribution in [-0.4, -0.2) is 0 Å². The second kappa shape index (κ2) is 10.9. The lowest BCUT2D eigenvalue weighted by molar-refractivity contribution is 0.669. The van der Waals surface area contributed by atoms with E-state index in [1.54, 1.807) is 0 Å². The zero-order valence-electron chi connectivity index (χ0n) is 31.4. The van der Waals surface area contributed by atoms with Crippen molar-refractivity contribution in [2.45, 2.75) is 5.41 Å². The molecule has 1 spiro atoms. The van der Waals surface area contributed by atoms with E-state index in [1.807, 2.05) is 0 Å². The van der Waals surface area contributed by atoms with Crippen LogP contribution in [0, 0.1) is 0 Å². The first-order valence-corrected chi connectivity index (χ1v) is 20.2. The molecule has 58 heavy (non-hydrogen) atoms. The number of para-hydroxylation sites is 1. The summed E-state index contributed by atoms with van der Waals surface area (Å²) in [6, 6.07) is 73.0. The average molecular weight is 733 g/mol. The quantitative estimate of drug-likeness (QED) is 0.161. The molecule has 12 aromatic rings. The van der Waals surface area contributed by atoms with E-state index in [2.05, 4.69) is 194 Å². The van der Waals surface area contributed by atoms with Crippen LogP contribution in [0.2, 0.25) is 0 Å². The van der Waals surface area contributed by atoms with Gasteiger partial charge < -0.3 is 4.42 Å². The Bertz CT molecular complexity index is 3690. The van der Waals surface area contributed by atoms with Crippen molar-refractivity contribution in [1.29, 1.82) is 0 Å². The fraction of sp³-hybridized carbons (Fsp3) is 0.0175. The minimum absolute atomic E-state index is 0.511. The van der Waals surface area contributed by atoms with Gasteiger partial charge in [0.2, 0.25) is 0 Å². The number of furan rings is 1. The maximum absolute atomic E-state index is 6.39. The molecule has 0 amide bonds. The molecule has 0 N–H and O–H groups in total. The third kappa shape index (κ3) is 3.77. The highest BCUT2D eigenvalue weighted by Crippen LogP contribution is 2.65. The molecule has 1 aromatic heterocycles. The Balaban J connectivity index is 1.17. The zero-order chi connectivity index (χ0) is 37.7. The van der Waals surface area contributed by atoms with Crippen molar-refractivity contribution in [3.63, 3.8) is 0 Å². The summed E-state index contributed by atoms with van der Waals surface area (Å²) in [5, 5.41) is 12.6. The van der Waals surface area contributed by atoms with Crippen LogP contribution < -0.4 is 0 Å². The van der Waals surface area contributed by atoms with Crippen LogP contribution in [0.1, 0.15) is 22.3 Å². The van der Waals surface area contributed by atoms with Crippen molar-refractivity contribution in [2.75, 3.05) is 0 Å². The van der Waals surface area contributed by atoms with Crippen LogP contribution in [0.25, 0.3) is 110 Å². The second-order valence-electron chi connectivity index (χ2n) is 16.3. The van der Waals surface area contributed by atoms with E-state index in [-0.39, 0.29) is 0 Å². The first-order chi connectivity index (χ1) is 28.7. The van der Waals surface area contributed by atoms with Crippen molar-refractivity contribution in [2.24, 2.45) is 0 Å². The fourth-order valence-corrected chi connectivity index (χ4v) is 11.2. The van der Waals surface area contributed by atoms with Crippen molar-refractivity contribution in [1.82, 2.24) is 0 Å². The molecule has 0 saturated heterocycles. The van der Waals surface area contributed by atoms with Gasteiger partial charge in [-0.25, -0.2) is 0 Å². The highest BCUT2D eigenvalue weighted by Gasteiger charge is 2.52. The Morgan fingerprint density at radius 3 is 1.74 bits per heavy atom. The molecule has 1 nitrogen and oxygen atoms in total. The number of benzene rings is 11. The molecule has 11 aromatic carbocycles. The summed E-state index contributed by atoms with van der Waals surface area (Å²) in [7, 11) is 0. The Hall–Kier alpha value is -7.48. The van der Waals surface area contributed by atoms with E-state index >= 15 is 0 Å². The van der Waals surface area contributed by atoms with Crippen LogP contribution in [0.5, 0.6) is 0 Å². The van der Waals surface area contributed by atoms with Gasteiger partial charge in [0.25, 0.3) is 0 Å². The number of rotatable bonds is 2. The van der Waals surface area contributed by atoms with Crippen LogP contribution in [-0.2, 0) is 5.41 Å². The van der Waals surface area contributed by atoms with Gasteiger partial charge in [-0.3, -0.25) is 0 Å². The monoisotopic (exact) mass is 732 g/mol. The summed E-state index contributed by atoms with van der Waals surface area (Å²) in [6.45, 7) is 0. The van der Waals surface area contributed by atoms with E-state index in [0.29, 0.717) is 0 Å². The number of hydrogen-bond acceptors (Lipinski definition) is 1. The minimum atomic E-state index is -0.511. The van der Waals surface area contributed by atoms with Gasteiger partial charge in [-0.2, -0.15) is 0 Å². The van der Waals surface area contributed by atoms with E-state index < -0.39 is 5.41 Å². The predicted octanol–water partition coefficient (Wildman–Crippen LogP) is 15.3. The van der Waals surface area contributed by atoms with Crippen LogP contribution in [0.3, 0.4) is 0 Å². The molecule has 0 bridgehead atoms. The molecule has 0 radical (unpaired) electrons. The van der Waals surface area contributed by atoms with Gasteiger partial charge in [0, 0.05) is 10.8 Å². The Labute approximate surface area is 334 Å². The topological polar surface area (TPSA) is 13.1 Å². The van der Waals surface area contributed by atoms with Gasteiger partial charge >= 0.3 is 0 Å². The van der Waals surface area contributed by atoms with Crippen LogP contribution in [0.4, 0.5) is 0 Å². The summed E-state index contributed by atoms with van der Waals surface area (Å²) in [5.74, 6) is 0. The van der Waals surface area contributed by atoms with Gasteiger partial charge in [-0.15, -0.1) is 0 Å². The molecule has 266 valence electrons. The van der Waals surface area contributed by atoms with Crippen LogP contribution >= 0.6 is 0 Å². The Morgan fingerprint density at radius 2 is 0.931 bits per heavy atom. The summed E-state index contributed by atoms with van der Waals surface area (Å²) >= 11 is 0. The van der Waals surface area contributed by atoms with Gasteiger partial charge in [0.15, 0.2) is 0 Å². The standard InChI is InChI=1S/C57H32O/c1-2-11-37-31-50-47(28-36(37)10-1)56-45(38-24-27-53-46(29-38)43-16-5-8-19-52(43)58-53)30-39(32-51(56)57(50)48-17-6-3-14-41(48)42-15-4-7-18-49(42)57)40-25-22-35-21-20-33-12-9-13-34-23-26-44(40)55(35)54(33)34/h1-32H. The van der Waals surface area contributed by atoms with Gasteiger partial charge in [-0.05, 0) is 152 Å². The molecule has 1 heterocycles. The summed E-state index contributed by atoms with van der Waals surface area (Å²) in [4.78, 5) is 0. The molecule has 1 heteroatoms. The van der Waals surface area contributed by atoms with Gasteiger partial charge in [-0.1, -0.05) is 152 Å². The van der Waals surface area contributed by atoms with Gasteiger partial charge in [0.05, 0.1) is 5.41 Å². The van der Waals surface area contributed by atoms with Gasteiger partial charge in [0.1, 0.15) is 11.2 Å². The summed E-state index contributed by atoms with van der Waals surface area (Å²) < 4.78 is 6.39. The smallest absolute Gasteiger partial charge is 0.135 e. The normalized spacial score (nSPS) is 13.7. The first-order valence-electron chi connectivity index (χ1n) is 20.2. The SMILES string of the molecule is c1ccc2c(c1)-c1ccccc1C21c2cc3ccccc3cc2-c2c(-c3ccc4oc5ccccc5c4c3)cc(-c3ccc4ccc5cccc6ccc3c4c56)cc21. The second-order valence-corrected chi connectivity index (χ2v) is 16.3. The molecule has 0 aliphatic heterocycles. The molecule has 0 saturated carbocycles. The largest absolute Gasteiger partial charge is 0.456 e. The maximum Gasteiger partial charge on any atom is 0.135 e. The third-order valence-electron chi connectivity index (χ3n) is 13.6. The molecule has 0 fully saturated rings. The third-order valence-corrected chi connectivity index (χ3v) is 13.6. The lowest BCUT2D eigenvalue weighted by atomic mass is 9.69. The van der Waals surface area contributed by atoms with Crippen molar-refractivity contribution >= 4 is 65.0 Å². The summed E-state index contributed by atoms with van der Waals surface area (Å²) in [6.07, 6.45) is 0. The zero-order valence-corrected chi connectivity index (χ0v) is 31.4. The van der Waals surface area contributed by atoms with E-state index in [4.69, 9.17) is 4.42 Å². The van der Waals surface area contributed by atoms with Crippen molar-refractivity contribution in [3.8, 4) is 44.5 Å². The summed E-state index contributed by atoms with van der Waals surface area (Å²) in [5.41, 5.74) is 16.8. The molecule has 2 aliphatic rings. The Morgan fingerprint density at radius 1 is 0.293 bits per heavy atom. The highest BCUT2D eigenvalue weighted by molar-refractivity contribution is 6.25. The number of hydrogen-bond donors (Lipinski definition) is 0. The molecule has 0 unspecified atom stereocenters. The molecule has 14 rings (SSSR count). The van der Waals surface area contributed by atoms with E-state index in [9.17, 15) is 0 Å². The first kappa shape index (κ1) is 30.7. The van der Waals surface area contributed by atoms with E-state index in [1.165, 1.54) is 110 Å². The van der Waals surface area contributed by atoms with Crippen LogP contribution in [0.15, 0.2) is 199 Å². The highest BCUT2D eigenvalue weighted by atomic mass is 16.3. The lowest BCUT2D eigenvalue weighted by Crippen LogP contribution is -2.26. The van der Waals surface area contributed by atoms with Crippen molar-refractivity contribution in [3.05, 3.63) is 216 Å². The Kier molecular flexibility index (Phi) is 5.76. The average Bonchev–Trinajstić information content (AvgIpc) is 3.90. The molecular weight excluding hydrogens is 701 g/mol. The number of fused-ring (bicyclic) bond motifs is 14. The van der Waals surface area contributed by atoms with Crippen molar-refractivity contribution < 1.29 is 4.42 Å². The predicted molar refractivity (Wildman–Crippen MR) is 242 cm³/mol. The van der Waals surface area contributed by atoms with E-state index in [0.717, 1.165) is 21.9 Å². The molecule has 2 aliphatic carbocycles. The minimum Gasteiger partial charge on any atom is -0.456 e.